The lowest BCUT2D eigenvalue weighted by Gasteiger charge is -2.26. The molecule has 0 aromatic carbocycles. The van der Waals surface area contributed by atoms with Crippen LogP contribution in [0.3, 0.4) is 0 Å². The summed E-state index contributed by atoms with van der Waals surface area (Å²) in [5.41, 5.74) is -0.0876. The molecule has 0 radical (unpaired) electrons. The molecule has 130 valence electrons. The molecule has 0 spiro atoms. The Balaban J connectivity index is 1.62. The quantitative estimate of drug-likeness (QED) is 0.802. The SMILES string of the molecule is CC(C)(C)c1noc(CN(C[C@H]2CCCO2)C[C@H]2CCCO2)n1. The molecule has 2 atom stereocenters. The van der Waals surface area contributed by atoms with Crippen molar-refractivity contribution in [2.45, 2.75) is 70.6 Å². The maximum absolute atomic E-state index is 5.80. The molecule has 2 fully saturated rings. The van der Waals surface area contributed by atoms with Crippen LogP contribution in [0.15, 0.2) is 4.52 Å². The van der Waals surface area contributed by atoms with Crippen molar-refractivity contribution in [1.29, 1.82) is 0 Å². The second-order valence-electron chi connectivity index (χ2n) is 7.73. The summed E-state index contributed by atoms with van der Waals surface area (Å²) >= 11 is 0. The first-order valence-corrected chi connectivity index (χ1v) is 8.79. The van der Waals surface area contributed by atoms with Crippen LogP contribution >= 0.6 is 0 Å². The fraction of sp³-hybridized carbons (Fsp3) is 0.882. The fourth-order valence-electron chi connectivity index (χ4n) is 3.17. The molecule has 6 nitrogen and oxygen atoms in total. The van der Waals surface area contributed by atoms with E-state index in [0.717, 1.165) is 57.8 Å². The monoisotopic (exact) mass is 323 g/mol. The summed E-state index contributed by atoms with van der Waals surface area (Å²) in [6, 6.07) is 0. The third kappa shape index (κ3) is 4.75. The summed E-state index contributed by atoms with van der Waals surface area (Å²) < 4.78 is 17.1. The van der Waals surface area contributed by atoms with Gasteiger partial charge in [-0.3, -0.25) is 4.90 Å². The van der Waals surface area contributed by atoms with Crippen LogP contribution in [0.4, 0.5) is 0 Å². The van der Waals surface area contributed by atoms with E-state index >= 15 is 0 Å². The molecule has 0 aliphatic carbocycles. The van der Waals surface area contributed by atoms with Crippen LogP contribution in [0, 0.1) is 0 Å². The predicted octanol–water partition coefficient (Wildman–Crippen LogP) is 2.53. The molecule has 3 rings (SSSR count). The Labute approximate surface area is 138 Å². The molecule has 0 unspecified atom stereocenters. The standard InChI is InChI=1S/C17H29N3O3/c1-17(2,3)16-18-15(23-19-16)12-20(10-13-6-4-8-21-13)11-14-7-5-9-22-14/h13-14H,4-12H2,1-3H3/t13-,14-/m1/s1. The van der Waals surface area contributed by atoms with Crippen LogP contribution < -0.4 is 0 Å². The minimum Gasteiger partial charge on any atom is -0.377 e. The van der Waals surface area contributed by atoms with E-state index in [4.69, 9.17) is 14.0 Å². The third-order valence-electron chi connectivity index (χ3n) is 4.47. The summed E-state index contributed by atoms with van der Waals surface area (Å²) in [6.07, 6.45) is 5.24. The smallest absolute Gasteiger partial charge is 0.240 e. The van der Waals surface area contributed by atoms with Gasteiger partial charge >= 0.3 is 0 Å². The van der Waals surface area contributed by atoms with Crippen molar-refractivity contribution in [3.05, 3.63) is 11.7 Å². The summed E-state index contributed by atoms with van der Waals surface area (Å²) in [5.74, 6) is 1.45. The first-order chi connectivity index (χ1) is 11.0. The maximum Gasteiger partial charge on any atom is 0.240 e. The van der Waals surface area contributed by atoms with Gasteiger partial charge in [-0.15, -0.1) is 0 Å². The van der Waals surface area contributed by atoms with Gasteiger partial charge in [0.05, 0.1) is 18.8 Å². The van der Waals surface area contributed by atoms with Gasteiger partial charge in [-0.25, -0.2) is 0 Å². The van der Waals surface area contributed by atoms with Crippen molar-refractivity contribution in [2.24, 2.45) is 0 Å². The molecule has 6 heteroatoms. The normalized spacial score (nSPS) is 25.6. The van der Waals surface area contributed by atoms with Crippen molar-refractivity contribution in [2.75, 3.05) is 26.3 Å². The maximum atomic E-state index is 5.80. The zero-order valence-electron chi connectivity index (χ0n) is 14.6. The Morgan fingerprint density at radius 1 is 1.04 bits per heavy atom. The Kier molecular flexibility index (Phi) is 5.34. The molecule has 2 aliphatic rings. The Bertz CT molecular complexity index is 468. The zero-order valence-corrected chi connectivity index (χ0v) is 14.6. The highest BCUT2D eigenvalue weighted by Gasteiger charge is 2.26. The molecule has 3 heterocycles. The number of hydrogen-bond donors (Lipinski definition) is 0. The Hall–Kier alpha value is -0.980. The van der Waals surface area contributed by atoms with E-state index in [2.05, 4.69) is 35.8 Å². The van der Waals surface area contributed by atoms with Crippen LogP contribution in [-0.4, -0.2) is 53.6 Å². The van der Waals surface area contributed by atoms with Crippen molar-refractivity contribution >= 4 is 0 Å². The van der Waals surface area contributed by atoms with Gasteiger partial charge in [-0.05, 0) is 25.7 Å². The summed E-state index contributed by atoms with van der Waals surface area (Å²) in [6.45, 7) is 10.5. The van der Waals surface area contributed by atoms with Crippen LogP contribution in [0.5, 0.6) is 0 Å². The number of nitrogens with zero attached hydrogens (tertiary/aromatic N) is 3. The van der Waals surface area contributed by atoms with E-state index in [1.54, 1.807) is 0 Å². The highest BCUT2D eigenvalue weighted by molar-refractivity contribution is 5.00. The van der Waals surface area contributed by atoms with Gasteiger partial charge in [0.1, 0.15) is 0 Å². The van der Waals surface area contributed by atoms with Gasteiger partial charge < -0.3 is 14.0 Å². The first-order valence-electron chi connectivity index (χ1n) is 8.79. The van der Waals surface area contributed by atoms with E-state index in [0.29, 0.717) is 24.6 Å². The van der Waals surface area contributed by atoms with E-state index in [1.807, 2.05) is 0 Å². The number of ether oxygens (including phenoxy) is 2. The number of hydrogen-bond acceptors (Lipinski definition) is 6. The Morgan fingerprint density at radius 2 is 1.65 bits per heavy atom. The minimum absolute atomic E-state index is 0.0876. The average Bonchev–Trinajstić information content (AvgIpc) is 3.18. The van der Waals surface area contributed by atoms with Gasteiger partial charge in [-0.1, -0.05) is 25.9 Å². The number of rotatable bonds is 6. The zero-order chi connectivity index (χ0) is 16.3. The van der Waals surface area contributed by atoms with E-state index in [-0.39, 0.29) is 5.41 Å². The molecule has 0 amide bonds. The molecule has 23 heavy (non-hydrogen) atoms. The molecular weight excluding hydrogens is 294 g/mol. The predicted molar refractivity (Wildman–Crippen MR) is 86.2 cm³/mol. The molecular formula is C17H29N3O3. The molecule has 1 aromatic heterocycles. The van der Waals surface area contributed by atoms with Crippen molar-refractivity contribution in [3.8, 4) is 0 Å². The highest BCUT2D eigenvalue weighted by atomic mass is 16.5. The molecule has 0 saturated carbocycles. The average molecular weight is 323 g/mol. The van der Waals surface area contributed by atoms with E-state index in [1.165, 1.54) is 0 Å². The van der Waals surface area contributed by atoms with Gasteiger partial charge in [0.25, 0.3) is 0 Å². The largest absolute Gasteiger partial charge is 0.377 e. The van der Waals surface area contributed by atoms with Gasteiger partial charge in [-0.2, -0.15) is 4.98 Å². The summed E-state index contributed by atoms with van der Waals surface area (Å²) in [4.78, 5) is 6.92. The summed E-state index contributed by atoms with van der Waals surface area (Å²) in [7, 11) is 0. The molecule has 2 saturated heterocycles. The third-order valence-corrected chi connectivity index (χ3v) is 4.47. The van der Waals surface area contributed by atoms with Crippen LogP contribution in [-0.2, 0) is 21.4 Å². The number of aromatic nitrogens is 2. The van der Waals surface area contributed by atoms with Crippen LogP contribution in [0.2, 0.25) is 0 Å². The molecule has 0 N–H and O–H groups in total. The van der Waals surface area contributed by atoms with E-state index < -0.39 is 0 Å². The van der Waals surface area contributed by atoms with Crippen molar-refractivity contribution < 1.29 is 14.0 Å². The Morgan fingerprint density at radius 3 is 2.09 bits per heavy atom. The van der Waals surface area contributed by atoms with Crippen LogP contribution in [0.1, 0.15) is 58.2 Å². The minimum atomic E-state index is -0.0876. The van der Waals surface area contributed by atoms with Crippen molar-refractivity contribution in [1.82, 2.24) is 15.0 Å². The summed E-state index contributed by atoms with van der Waals surface area (Å²) in [5, 5.41) is 4.13. The second-order valence-corrected chi connectivity index (χ2v) is 7.73. The molecule has 0 bridgehead atoms. The topological polar surface area (TPSA) is 60.6 Å². The van der Waals surface area contributed by atoms with Gasteiger partial charge in [0.2, 0.25) is 5.89 Å². The van der Waals surface area contributed by atoms with Crippen molar-refractivity contribution in [3.63, 3.8) is 0 Å². The first kappa shape index (κ1) is 16.9. The lowest BCUT2D eigenvalue weighted by Crippen LogP contribution is -2.37. The second kappa shape index (κ2) is 7.28. The van der Waals surface area contributed by atoms with E-state index in [9.17, 15) is 0 Å². The molecule has 2 aliphatic heterocycles. The fourth-order valence-corrected chi connectivity index (χ4v) is 3.17. The van der Waals surface area contributed by atoms with Gasteiger partial charge in [0.15, 0.2) is 5.82 Å². The highest BCUT2D eigenvalue weighted by Crippen LogP contribution is 2.21. The lowest BCUT2D eigenvalue weighted by molar-refractivity contribution is 0.0309. The van der Waals surface area contributed by atoms with Gasteiger partial charge in [0, 0.05) is 31.7 Å². The molecule has 1 aromatic rings. The van der Waals surface area contributed by atoms with Crippen LogP contribution in [0.25, 0.3) is 0 Å². The lowest BCUT2D eigenvalue weighted by atomic mass is 9.96.